The van der Waals surface area contributed by atoms with Gasteiger partial charge < -0.3 is 10.4 Å². The van der Waals surface area contributed by atoms with Crippen LogP contribution in [0.15, 0.2) is 0 Å². The SMILES string of the molecule is CCCCCCC(CCCCCC)NC[C@H](C)O. The highest BCUT2D eigenvalue weighted by Gasteiger charge is 2.08. The molecule has 0 heterocycles. The summed E-state index contributed by atoms with van der Waals surface area (Å²) in [7, 11) is 0. The molecule has 18 heavy (non-hydrogen) atoms. The summed E-state index contributed by atoms with van der Waals surface area (Å²) in [5, 5.41) is 12.9. The van der Waals surface area contributed by atoms with Crippen LogP contribution < -0.4 is 5.32 Å². The zero-order valence-corrected chi connectivity index (χ0v) is 12.9. The Labute approximate surface area is 115 Å². The second-order valence-electron chi connectivity index (χ2n) is 5.65. The smallest absolute Gasteiger partial charge is 0.0636 e. The molecule has 0 bridgehead atoms. The number of unbranched alkanes of at least 4 members (excludes halogenated alkanes) is 6. The monoisotopic (exact) mass is 257 g/mol. The predicted octanol–water partition coefficient (Wildman–Crippen LogP) is 4.27. The second-order valence-corrected chi connectivity index (χ2v) is 5.65. The Morgan fingerprint density at radius 3 is 1.72 bits per heavy atom. The highest BCUT2D eigenvalue weighted by atomic mass is 16.3. The summed E-state index contributed by atoms with van der Waals surface area (Å²) in [6, 6.07) is 0.619. The van der Waals surface area contributed by atoms with Gasteiger partial charge in [-0.25, -0.2) is 0 Å². The van der Waals surface area contributed by atoms with Crippen molar-refractivity contribution in [1.82, 2.24) is 5.32 Å². The van der Waals surface area contributed by atoms with Crippen molar-refractivity contribution >= 4 is 0 Å². The third kappa shape index (κ3) is 12.4. The minimum Gasteiger partial charge on any atom is -0.392 e. The van der Waals surface area contributed by atoms with Gasteiger partial charge in [-0.2, -0.15) is 0 Å². The Morgan fingerprint density at radius 1 is 0.833 bits per heavy atom. The third-order valence-corrected chi connectivity index (χ3v) is 3.51. The molecule has 0 amide bonds. The van der Waals surface area contributed by atoms with E-state index in [0.29, 0.717) is 6.04 Å². The molecule has 0 aliphatic rings. The van der Waals surface area contributed by atoms with Crippen molar-refractivity contribution < 1.29 is 5.11 Å². The standard InChI is InChI=1S/C16H35NO/c1-4-6-8-10-12-16(17-14-15(3)18)13-11-9-7-5-2/h15-18H,4-14H2,1-3H3/t15-/m0/s1. The van der Waals surface area contributed by atoms with Gasteiger partial charge in [0.1, 0.15) is 0 Å². The molecule has 0 aromatic heterocycles. The van der Waals surface area contributed by atoms with E-state index in [0.717, 1.165) is 6.54 Å². The lowest BCUT2D eigenvalue weighted by Gasteiger charge is -2.19. The van der Waals surface area contributed by atoms with Gasteiger partial charge in [0, 0.05) is 12.6 Å². The van der Waals surface area contributed by atoms with Crippen LogP contribution in [0, 0.1) is 0 Å². The summed E-state index contributed by atoms with van der Waals surface area (Å²) < 4.78 is 0. The van der Waals surface area contributed by atoms with Gasteiger partial charge in [-0.3, -0.25) is 0 Å². The van der Waals surface area contributed by atoms with Gasteiger partial charge >= 0.3 is 0 Å². The Morgan fingerprint density at radius 2 is 1.33 bits per heavy atom. The van der Waals surface area contributed by atoms with Gasteiger partial charge in [-0.05, 0) is 19.8 Å². The molecule has 0 radical (unpaired) electrons. The van der Waals surface area contributed by atoms with E-state index in [1.807, 2.05) is 6.92 Å². The molecule has 0 spiro atoms. The number of hydrogen-bond donors (Lipinski definition) is 2. The van der Waals surface area contributed by atoms with Crippen LogP contribution in [0.2, 0.25) is 0 Å². The number of hydrogen-bond acceptors (Lipinski definition) is 2. The van der Waals surface area contributed by atoms with Gasteiger partial charge in [0.2, 0.25) is 0 Å². The molecule has 0 unspecified atom stereocenters. The molecule has 0 aromatic rings. The van der Waals surface area contributed by atoms with Crippen molar-refractivity contribution in [2.75, 3.05) is 6.54 Å². The van der Waals surface area contributed by atoms with Crippen molar-refractivity contribution in [3.05, 3.63) is 0 Å². The maximum Gasteiger partial charge on any atom is 0.0636 e. The van der Waals surface area contributed by atoms with Crippen LogP contribution in [0.3, 0.4) is 0 Å². The van der Waals surface area contributed by atoms with E-state index >= 15 is 0 Å². The van der Waals surface area contributed by atoms with Gasteiger partial charge in [0.25, 0.3) is 0 Å². The highest BCUT2D eigenvalue weighted by Crippen LogP contribution is 2.12. The fourth-order valence-electron chi connectivity index (χ4n) is 2.32. The van der Waals surface area contributed by atoms with Crippen LogP contribution in [-0.4, -0.2) is 23.8 Å². The topological polar surface area (TPSA) is 32.3 Å². The molecule has 0 saturated heterocycles. The minimum absolute atomic E-state index is 0.223. The lowest BCUT2D eigenvalue weighted by atomic mass is 10.0. The van der Waals surface area contributed by atoms with Crippen molar-refractivity contribution in [3.8, 4) is 0 Å². The Bertz CT molecular complexity index is 147. The van der Waals surface area contributed by atoms with E-state index in [-0.39, 0.29) is 6.10 Å². The summed E-state index contributed by atoms with van der Waals surface area (Å²) in [5.41, 5.74) is 0. The molecule has 0 saturated carbocycles. The van der Waals surface area contributed by atoms with Crippen LogP contribution >= 0.6 is 0 Å². The molecular weight excluding hydrogens is 222 g/mol. The van der Waals surface area contributed by atoms with E-state index < -0.39 is 0 Å². The number of rotatable bonds is 13. The van der Waals surface area contributed by atoms with Crippen LogP contribution in [0.25, 0.3) is 0 Å². The molecular formula is C16H35NO. The van der Waals surface area contributed by atoms with E-state index in [9.17, 15) is 5.11 Å². The first-order valence-electron chi connectivity index (χ1n) is 8.12. The zero-order valence-electron chi connectivity index (χ0n) is 12.9. The van der Waals surface area contributed by atoms with Crippen molar-refractivity contribution in [2.45, 2.75) is 97.1 Å². The molecule has 1 atom stereocenters. The highest BCUT2D eigenvalue weighted by molar-refractivity contribution is 4.68. The number of aliphatic hydroxyl groups is 1. The van der Waals surface area contributed by atoms with E-state index in [1.54, 1.807) is 0 Å². The summed E-state index contributed by atoms with van der Waals surface area (Å²) in [5.74, 6) is 0. The first kappa shape index (κ1) is 17.9. The molecule has 2 nitrogen and oxygen atoms in total. The first-order valence-corrected chi connectivity index (χ1v) is 8.12. The van der Waals surface area contributed by atoms with Gasteiger partial charge in [0.15, 0.2) is 0 Å². The summed E-state index contributed by atoms with van der Waals surface area (Å²) in [6.07, 6.45) is 13.0. The Hall–Kier alpha value is -0.0800. The fraction of sp³-hybridized carbons (Fsp3) is 1.00. The first-order chi connectivity index (χ1) is 8.70. The molecule has 0 fully saturated rings. The minimum atomic E-state index is -0.223. The van der Waals surface area contributed by atoms with E-state index in [4.69, 9.17) is 0 Å². The quantitative estimate of drug-likeness (QED) is 0.483. The molecule has 110 valence electrons. The molecule has 0 rings (SSSR count). The lowest BCUT2D eigenvalue weighted by molar-refractivity contribution is 0.183. The number of aliphatic hydroxyl groups excluding tert-OH is 1. The lowest BCUT2D eigenvalue weighted by Crippen LogP contribution is -2.34. The predicted molar refractivity (Wildman–Crippen MR) is 81.0 cm³/mol. The van der Waals surface area contributed by atoms with Gasteiger partial charge in [-0.15, -0.1) is 0 Å². The van der Waals surface area contributed by atoms with E-state index in [2.05, 4.69) is 19.2 Å². The number of nitrogens with one attached hydrogen (secondary N) is 1. The van der Waals surface area contributed by atoms with Crippen molar-refractivity contribution in [3.63, 3.8) is 0 Å². The molecule has 0 aliphatic heterocycles. The molecule has 2 heteroatoms. The zero-order chi connectivity index (χ0) is 13.6. The summed E-state index contributed by atoms with van der Waals surface area (Å²) >= 11 is 0. The summed E-state index contributed by atoms with van der Waals surface area (Å²) in [6.45, 7) is 7.12. The van der Waals surface area contributed by atoms with Crippen LogP contribution in [0.5, 0.6) is 0 Å². The van der Waals surface area contributed by atoms with E-state index in [1.165, 1.54) is 64.2 Å². The summed E-state index contributed by atoms with van der Waals surface area (Å²) in [4.78, 5) is 0. The van der Waals surface area contributed by atoms with Crippen molar-refractivity contribution in [2.24, 2.45) is 0 Å². The molecule has 0 aliphatic carbocycles. The second kappa shape index (κ2) is 13.4. The third-order valence-electron chi connectivity index (χ3n) is 3.51. The van der Waals surface area contributed by atoms with Gasteiger partial charge in [0.05, 0.1) is 6.10 Å². The van der Waals surface area contributed by atoms with Crippen LogP contribution in [0.1, 0.15) is 85.0 Å². The Kier molecular flexibility index (Phi) is 13.3. The van der Waals surface area contributed by atoms with Crippen LogP contribution in [-0.2, 0) is 0 Å². The largest absolute Gasteiger partial charge is 0.392 e. The average Bonchev–Trinajstić information content (AvgIpc) is 2.35. The molecule has 0 aromatic carbocycles. The van der Waals surface area contributed by atoms with Crippen LogP contribution in [0.4, 0.5) is 0 Å². The Balaban J connectivity index is 3.69. The molecule has 2 N–H and O–H groups in total. The normalized spacial score (nSPS) is 13.2. The maximum absolute atomic E-state index is 9.36. The maximum atomic E-state index is 9.36. The fourth-order valence-corrected chi connectivity index (χ4v) is 2.32. The average molecular weight is 257 g/mol. The van der Waals surface area contributed by atoms with Crippen molar-refractivity contribution in [1.29, 1.82) is 0 Å². The van der Waals surface area contributed by atoms with Gasteiger partial charge in [-0.1, -0.05) is 65.2 Å².